The maximum Gasteiger partial charge on any atom is 0.163 e. The van der Waals surface area contributed by atoms with E-state index in [-0.39, 0.29) is 0 Å². The Morgan fingerprint density at radius 2 is 2.11 bits per heavy atom. The van der Waals surface area contributed by atoms with Gasteiger partial charge in [-0.05, 0) is 19.1 Å². The number of hydrogen-bond donors (Lipinski definition) is 1. The Kier molecular flexibility index (Phi) is 3.27. The quantitative estimate of drug-likeness (QED) is 0.915. The van der Waals surface area contributed by atoms with Crippen molar-refractivity contribution in [3.05, 3.63) is 36.4 Å². The molecule has 0 aliphatic carbocycles. The first-order chi connectivity index (χ1) is 9.36. The van der Waals surface area contributed by atoms with Crippen molar-refractivity contribution in [3.63, 3.8) is 0 Å². The van der Waals surface area contributed by atoms with E-state index in [1.165, 1.54) is 0 Å². The van der Waals surface area contributed by atoms with Crippen molar-refractivity contribution in [2.45, 2.75) is 20.0 Å². The molecule has 0 amide bonds. The number of aromatic nitrogens is 2. The van der Waals surface area contributed by atoms with Gasteiger partial charge in [0, 0.05) is 24.5 Å². The van der Waals surface area contributed by atoms with E-state index in [0.717, 1.165) is 36.0 Å². The van der Waals surface area contributed by atoms with E-state index in [1.54, 1.807) is 0 Å². The fourth-order valence-corrected chi connectivity index (χ4v) is 2.13. The van der Waals surface area contributed by atoms with Gasteiger partial charge < -0.3 is 19.4 Å². The number of nitrogens with zero attached hydrogens (tertiary/aromatic N) is 2. The highest BCUT2D eigenvalue weighted by Gasteiger charge is 2.11. The SMILES string of the molecule is CCn1cncc1CNc1ccc2c(c1)OCCO2. The van der Waals surface area contributed by atoms with Crippen LogP contribution in [-0.4, -0.2) is 22.8 Å². The van der Waals surface area contributed by atoms with E-state index in [1.807, 2.05) is 30.7 Å². The van der Waals surface area contributed by atoms with Gasteiger partial charge in [0.25, 0.3) is 0 Å². The average molecular weight is 259 g/mol. The summed E-state index contributed by atoms with van der Waals surface area (Å²) in [5, 5.41) is 3.38. The number of benzene rings is 1. The van der Waals surface area contributed by atoms with Crippen LogP contribution in [0.3, 0.4) is 0 Å². The third-order valence-electron chi connectivity index (χ3n) is 3.16. The molecule has 1 aliphatic heterocycles. The zero-order valence-electron chi connectivity index (χ0n) is 10.9. The van der Waals surface area contributed by atoms with E-state index in [2.05, 4.69) is 21.8 Å². The Labute approximate surface area is 112 Å². The van der Waals surface area contributed by atoms with E-state index in [4.69, 9.17) is 9.47 Å². The summed E-state index contributed by atoms with van der Waals surface area (Å²) in [4.78, 5) is 4.15. The minimum absolute atomic E-state index is 0.610. The predicted molar refractivity (Wildman–Crippen MR) is 72.7 cm³/mol. The van der Waals surface area contributed by atoms with Crippen LogP contribution in [0.4, 0.5) is 5.69 Å². The largest absolute Gasteiger partial charge is 0.486 e. The number of aryl methyl sites for hydroxylation is 1. The third-order valence-corrected chi connectivity index (χ3v) is 3.16. The monoisotopic (exact) mass is 259 g/mol. The van der Waals surface area contributed by atoms with Gasteiger partial charge in [0.05, 0.1) is 18.6 Å². The summed E-state index contributed by atoms with van der Waals surface area (Å²) in [7, 11) is 0. The molecule has 5 nitrogen and oxygen atoms in total. The molecule has 0 bridgehead atoms. The Balaban J connectivity index is 1.70. The van der Waals surface area contributed by atoms with Crippen molar-refractivity contribution in [2.75, 3.05) is 18.5 Å². The van der Waals surface area contributed by atoms with Gasteiger partial charge in [-0.25, -0.2) is 4.98 Å². The minimum Gasteiger partial charge on any atom is -0.486 e. The highest BCUT2D eigenvalue weighted by Crippen LogP contribution is 2.32. The molecule has 0 fully saturated rings. The molecule has 0 spiro atoms. The van der Waals surface area contributed by atoms with Crippen LogP contribution in [0.2, 0.25) is 0 Å². The van der Waals surface area contributed by atoms with Gasteiger partial charge in [-0.15, -0.1) is 0 Å². The molecule has 0 saturated carbocycles. The third kappa shape index (κ3) is 2.50. The number of anilines is 1. The fraction of sp³-hybridized carbons (Fsp3) is 0.357. The molecular formula is C14H17N3O2. The van der Waals surface area contributed by atoms with Crippen LogP contribution in [0.1, 0.15) is 12.6 Å². The van der Waals surface area contributed by atoms with Crippen LogP contribution >= 0.6 is 0 Å². The smallest absolute Gasteiger partial charge is 0.163 e. The number of imidazole rings is 1. The van der Waals surface area contributed by atoms with Crippen molar-refractivity contribution < 1.29 is 9.47 Å². The van der Waals surface area contributed by atoms with Crippen molar-refractivity contribution in [1.29, 1.82) is 0 Å². The zero-order valence-corrected chi connectivity index (χ0v) is 10.9. The number of fused-ring (bicyclic) bond motifs is 1. The van der Waals surface area contributed by atoms with Gasteiger partial charge in [0.15, 0.2) is 11.5 Å². The van der Waals surface area contributed by atoms with Gasteiger partial charge in [0.1, 0.15) is 13.2 Å². The van der Waals surface area contributed by atoms with Crippen molar-refractivity contribution in [3.8, 4) is 11.5 Å². The van der Waals surface area contributed by atoms with Gasteiger partial charge in [-0.1, -0.05) is 0 Å². The molecule has 1 aromatic carbocycles. The maximum atomic E-state index is 5.56. The molecule has 0 atom stereocenters. The molecule has 2 aromatic rings. The van der Waals surface area contributed by atoms with Crippen molar-refractivity contribution in [1.82, 2.24) is 9.55 Å². The topological polar surface area (TPSA) is 48.3 Å². The minimum atomic E-state index is 0.610. The number of rotatable bonds is 4. The van der Waals surface area contributed by atoms with Gasteiger partial charge in [-0.3, -0.25) is 0 Å². The van der Waals surface area contributed by atoms with Crippen LogP contribution < -0.4 is 14.8 Å². The lowest BCUT2D eigenvalue weighted by Gasteiger charge is -2.19. The molecule has 0 saturated heterocycles. The van der Waals surface area contributed by atoms with E-state index >= 15 is 0 Å². The molecule has 5 heteroatoms. The van der Waals surface area contributed by atoms with Crippen LogP contribution in [-0.2, 0) is 13.1 Å². The first kappa shape index (κ1) is 11.9. The summed E-state index contributed by atoms with van der Waals surface area (Å²) in [5.41, 5.74) is 2.19. The lowest BCUT2D eigenvalue weighted by atomic mass is 10.2. The van der Waals surface area contributed by atoms with Gasteiger partial charge in [0.2, 0.25) is 0 Å². The normalized spacial score (nSPS) is 13.3. The van der Waals surface area contributed by atoms with Crippen LogP contribution in [0, 0.1) is 0 Å². The Morgan fingerprint density at radius 3 is 2.95 bits per heavy atom. The number of nitrogens with one attached hydrogen (secondary N) is 1. The molecule has 100 valence electrons. The lowest BCUT2D eigenvalue weighted by molar-refractivity contribution is 0.171. The molecule has 1 aromatic heterocycles. The van der Waals surface area contributed by atoms with Crippen LogP contribution in [0.15, 0.2) is 30.7 Å². The molecule has 1 N–H and O–H groups in total. The van der Waals surface area contributed by atoms with E-state index in [9.17, 15) is 0 Å². The molecule has 0 unspecified atom stereocenters. The lowest BCUT2D eigenvalue weighted by Crippen LogP contribution is -2.15. The highest BCUT2D eigenvalue weighted by molar-refractivity contribution is 5.55. The molecule has 3 rings (SSSR count). The first-order valence-corrected chi connectivity index (χ1v) is 6.49. The highest BCUT2D eigenvalue weighted by atomic mass is 16.6. The number of hydrogen-bond acceptors (Lipinski definition) is 4. The van der Waals surface area contributed by atoms with E-state index in [0.29, 0.717) is 13.2 Å². The standard InChI is InChI=1S/C14H17N3O2/c1-2-17-10-15-8-12(17)9-16-11-3-4-13-14(7-11)19-6-5-18-13/h3-4,7-8,10,16H,2,5-6,9H2,1H3. The summed E-state index contributed by atoms with van der Waals surface area (Å²) in [6, 6.07) is 5.91. The Bertz CT molecular complexity index is 566. The second-order valence-corrected chi connectivity index (χ2v) is 4.38. The second kappa shape index (κ2) is 5.22. The molecule has 2 heterocycles. The second-order valence-electron chi connectivity index (χ2n) is 4.38. The summed E-state index contributed by atoms with van der Waals surface area (Å²) >= 11 is 0. The van der Waals surface area contributed by atoms with Crippen LogP contribution in [0.25, 0.3) is 0 Å². The summed E-state index contributed by atoms with van der Waals surface area (Å²) in [6.07, 6.45) is 3.73. The first-order valence-electron chi connectivity index (χ1n) is 6.49. The van der Waals surface area contributed by atoms with Gasteiger partial charge in [-0.2, -0.15) is 0 Å². The van der Waals surface area contributed by atoms with Crippen molar-refractivity contribution in [2.24, 2.45) is 0 Å². The number of ether oxygens (including phenoxy) is 2. The van der Waals surface area contributed by atoms with Crippen LogP contribution in [0.5, 0.6) is 11.5 Å². The van der Waals surface area contributed by atoms with Crippen molar-refractivity contribution >= 4 is 5.69 Å². The van der Waals surface area contributed by atoms with Gasteiger partial charge >= 0.3 is 0 Å². The summed E-state index contributed by atoms with van der Waals surface area (Å²) < 4.78 is 13.2. The Hall–Kier alpha value is -2.17. The fourth-order valence-electron chi connectivity index (χ4n) is 2.13. The van der Waals surface area contributed by atoms with E-state index < -0.39 is 0 Å². The zero-order chi connectivity index (χ0) is 13.1. The molecule has 0 radical (unpaired) electrons. The predicted octanol–water partition coefficient (Wildman–Crippen LogP) is 2.29. The summed E-state index contributed by atoms with van der Waals surface area (Å²) in [6.45, 7) is 5.01. The molecule has 1 aliphatic rings. The molecule has 19 heavy (non-hydrogen) atoms. The average Bonchev–Trinajstić information content (AvgIpc) is 2.92. The Morgan fingerprint density at radius 1 is 1.26 bits per heavy atom. The summed E-state index contributed by atoms with van der Waals surface area (Å²) in [5.74, 6) is 1.62. The molecular weight excluding hydrogens is 242 g/mol. The maximum absolute atomic E-state index is 5.56.